The lowest BCUT2D eigenvalue weighted by atomic mass is 9.94. The number of carboxylic acid groups (broad SMARTS) is 1. The Morgan fingerprint density at radius 1 is 1.21 bits per heavy atom. The van der Waals surface area contributed by atoms with E-state index in [1.54, 1.807) is 18.0 Å². The van der Waals surface area contributed by atoms with E-state index in [9.17, 15) is 9.90 Å². The molecule has 6 heteroatoms. The van der Waals surface area contributed by atoms with Crippen LogP contribution in [0.1, 0.15) is 33.1 Å². The Morgan fingerprint density at radius 3 is 2.79 bits per heavy atom. The maximum absolute atomic E-state index is 11.4. The summed E-state index contributed by atoms with van der Waals surface area (Å²) in [6.45, 7) is 3.60. The molecule has 2 aromatic carbocycles. The molecule has 1 atom stereocenters. The number of benzene rings is 2. The van der Waals surface area contributed by atoms with Crippen molar-refractivity contribution in [3.63, 3.8) is 0 Å². The van der Waals surface area contributed by atoms with Crippen LogP contribution >= 0.6 is 11.8 Å². The molecule has 3 aromatic rings. The predicted octanol–water partition coefficient (Wildman–Crippen LogP) is 4.54. The standard InChI is InChI=1S/C23H23N3O2S/c1-15-2-4-17(5-3-15)29-18-6-7-19-16(12-18)8-11-25-22(19)14-26-21-13-24-10-9-20(21)23(27)28/h2-7,9-10,12-13,22,25-26H,8,11,14H2,1H3,(H,27,28). The molecule has 4 rings (SSSR count). The Bertz CT molecular complexity index is 1020. The minimum atomic E-state index is -0.954. The van der Waals surface area contributed by atoms with Crippen LogP contribution in [-0.4, -0.2) is 29.1 Å². The molecular formula is C23H23N3O2S. The van der Waals surface area contributed by atoms with Crippen molar-refractivity contribution in [1.29, 1.82) is 0 Å². The molecule has 0 radical (unpaired) electrons. The van der Waals surface area contributed by atoms with Crippen LogP contribution in [0.5, 0.6) is 0 Å². The number of rotatable bonds is 6. The number of aromatic carboxylic acids is 1. The number of pyridine rings is 1. The molecule has 3 N–H and O–H groups in total. The van der Waals surface area contributed by atoms with Crippen molar-refractivity contribution in [3.05, 3.63) is 83.2 Å². The molecule has 0 saturated carbocycles. The first-order valence-electron chi connectivity index (χ1n) is 9.62. The van der Waals surface area contributed by atoms with Gasteiger partial charge in [-0.3, -0.25) is 4.98 Å². The molecule has 1 aromatic heterocycles. The number of nitrogens with one attached hydrogen (secondary N) is 2. The highest BCUT2D eigenvalue weighted by molar-refractivity contribution is 7.99. The zero-order chi connectivity index (χ0) is 20.2. The number of fused-ring (bicyclic) bond motifs is 1. The van der Waals surface area contributed by atoms with E-state index in [1.165, 1.54) is 38.7 Å². The van der Waals surface area contributed by atoms with Crippen molar-refractivity contribution < 1.29 is 9.90 Å². The zero-order valence-corrected chi connectivity index (χ0v) is 17.0. The fourth-order valence-electron chi connectivity index (χ4n) is 3.55. The van der Waals surface area contributed by atoms with Crippen molar-refractivity contribution in [2.24, 2.45) is 0 Å². The van der Waals surface area contributed by atoms with Gasteiger partial charge in [0, 0.05) is 28.6 Å². The number of hydrogen-bond acceptors (Lipinski definition) is 5. The Kier molecular flexibility index (Phi) is 5.83. The van der Waals surface area contributed by atoms with E-state index < -0.39 is 5.97 Å². The van der Waals surface area contributed by atoms with E-state index >= 15 is 0 Å². The highest BCUT2D eigenvalue weighted by atomic mass is 32.2. The van der Waals surface area contributed by atoms with Crippen LogP contribution < -0.4 is 10.6 Å². The van der Waals surface area contributed by atoms with Crippen LogP contribution in [0, 0.1) is 6.92 Å². The molecular weight excluding hydrogens is 382 g/mol. The smallest absolute Gasteiger partial charge is 0.337 e. The van der Waals surface area contributed by atoms with E-state index in [-0.39, 0.29) is 11.6 Å². The Labute approximate surface area is 174 Å². The van der Waals surface area contributed by atoms with E-state index in [2.05, 4.69) is 65.0 Å². The number of aromatic nitrogens is 1. The molecule has 29 heavy (non-hydrogen) atoms. The van der Waals surface area contributed by atoms with Gasteiger partial charge in [0.2, 0.25) is 0 Å². The summed E-state index contributed by atoms with van der Waals surface area (Å²) in [7, 11) is 0. The summed E-state index contributed by atoms with van der Waals surface area (Å²) < 4.78 is 0. The fraction of sp³-hybridized carbons (Fsp3) is 0.217. The lowest BCUT2D eigenvalue weighted by Crippen LogP contribution is -2.34. The Balaban J connectivity index is 1.48. The van der Waals surface area contributed by atoms with Crippen LogP contribution in [0.3, 0.4) is 0 Å². The average Bonchev–Trinajstić information content (AvgIpc) is 2.74. The van der Waals surface area contributed by atoms with Crippen molar-refractivity contribution in [3.8, 4) is 0 Å². The van der Waals surface area contributed by atoms with E-state index in [1.807, 2.05) is 0 Å². The summed E-state index contributed by atoms with van der Waals surface area (Å²) in [5.74, 6) is -0.954. The van der Waals surface area contributed by atoms with E-state index in [0.29, 0.717) is 12.2 Å². The summed E-state index contributed by atoms with van der Waals surface area (Å²) in [6.07, 6.45) is 4.05. The second-order valence-corrected chi connectivity index (χ2v) is 8.29. The molecule has 0 amide bonds. The molecule has 1 unspecified atom stereocenters. The molecule has 148 valence electrons. The van der Waals surface area contributed by atoms with Gasteiger partial charge in [-0.2, -0.15) is 0 Å². The third kappa shape index (κ3) is 4.60. The number of anilines is 1. The predicted molar refractivity (Wildman–Crippen MR) is 116 cm³/mol. The number of aryl methyl sites for hydroxylation is 1. The van der Waals surface area contributed by atoms with Crippen LogP contribution in [0.25, 0.3) is 0 Å². The normalized spacial score (nSPS) is 15.6. The van der Waals surface area contributed by atoms with Gasteiger partial charge in [-0.1, -0.05) is 35.5 Å². The monoisotopic (exact) mass is 405 g/mol. The zero-order valence-electron chi connectivity index (χ0n) is 16.2. The molecule has 0 bridgehead atoms. The average molecular weight is 406 g/mol. The van der Waals surface area contributed by atoms with Crippen LogP contribution in [-0.2, 0) is 6.42 Å². The number of hydrogen-bond donors (Lipinski definition) is 3. The number of nitrogens with zero attached hydrogens (tertiary/aromatic N) is 1. The lowest BCUT2D eigenvalue weighted by Gasteiger charge is -2.28. The van der Waals surface area contributed by atoms with Gasteiger partial charge in [0.25, 0.3) is 0 Å². The first-order valence-corrected chi connectivity index (χ1v) is 10.4. The van der Waals surface area contributed by atoms with Gasteiger partial charge in [-0.15, -0.1) is 0 Å². The highest BCUT2D eigenvalue weighted by Gasteiger charge is 2.21. The van der Waals surface area contributed by atoms with Gasteiger partial charge < -0.3 is 15.7 Å². The van der Waals surface area contributed by atoms with Crippen molar-refractivity contribution in [1.82, 2.24) is 10.3 Å². The molecule has 0 saturated heterocycles. The minimum Gasteiger partial charge on any atom is -0.478 e. The van der Waals surface area contributed by atoms with Gasteiger partial charge in [-0.05, 0) is 61.3 Å². The SMILES string of the molecule is Cc1ccc(Sc2ccc3c(c2)CCNC3CNc2cnccc2C(=O)O)cc1. The van der Waals surface area contributed by atoms with Crippen molar-refractivity contribution >= 4 is 23.4 Å². The molecule has 0 spiro atoms. The summed E-state index contributed by atoms with van der Waals surface area (Å²) in [6, 6.07) is 16.8. The molecule has 1 aliphatic heterocycles. The molecule has 0 aliphatic carbocycles. The minimum absolute atomic E-state index is 0.124. The van der Waals surface area contributed by atoms with E-state index in [0.717, 1.165) is 13.0 Å². The third-order valence-corrected chi connectivity index (χ3v) is 6.08. The van der Waals surface area contributed by atoms with Crippen LogP contribution in [0.15, 0.2) is 70.7 Å². The van der Waals surface area contributed by atoms with Crippen LogP contribution in [0.4, 0.5) is 5.69 Å². The number of carboxylic acids is 1. The molecule has 0 fully saturated rings. The summed E-state index contributed by atoms with van der Waals surface area (Å²) >= 11 is 1.78. The maximum Gasteiger partial charge on any atom is 0.337 e. The van der Waals surface area contributed by atoms with Gasteiger partial charge in [-0.25, -0.2) is 4.79 Å². The van der Waals surface area contributed by atoms with Gasteiger partial charge in [0.15, 0.2) is 0 Å². The Morgan fingerprint density at radius 2 is 2.00 bits per heavy atom. The molecule has 5 nitrogen and oxygen atoms in total. The Hall–Kier alpha value is -2.83. The first-order chi connectivity index (χ1) is 14.1. The quantitative estimate of drug-likeness (QED) is 0.559. The fourth-order valence-corrected chi connectivity index (χ4v) is 4.43. The van der Waals surface area contributed by atoms with Crippen molar-refractivity contribution in [2.75, 3.05) is 18.4 Å². The highest BCUT2D eigenvalue weighted by Crippen LogP contribution is 2.32. The van der Waals surface area contributed by atoms with E-state index in [4.69, 9.17) is 0 Å². The molecule has 1 aliphatic rings. The summed E-state index contributed by atoms with van der Waals surface area (Å²) in [4.78, 5) is 17.9. The lowest BCUT2D eigenvalue weighted by molar-refractivity contribution is 0.0697. The van der Waals surface area contributed by atoms with Crippen LogP contribution in [0.2, 0.25) is 0 Å². The third-order valence-electron chi connectivity index (χ3n) is 5.08. The second-order valence-electron chi connectivity index (χ2n) is 7.14. The first kappa shape index (κ1) is 19.5. The summed E-state index contributed by atoms with van der Waals surface area (Å²) in [5, 5.41) is 16.1. The topological polar surface area (TPSA) is 74.2 Å². The van der Waals surface area contributed by atoms with Gasteiger partial charge in [0.05, 0.1) is 17.4 Å². The van der Waals surface area contributed by atoms with Gasteiger partial charge >= 0.3 is 5.97 Å². The van der Waals surface area contributed by atoms with Crippen molar-refractivity contribution in [2.45, 2.75) is 29.2 Å². The van der Waals surface area contributed by atoms with Gasteiger partial charge in [0.1, 0.15) is 0 Å². The largest absolute Gasteiger partial charge is 0.478 e. The maximum atomic E-state index is 11.4. The molecule has 2 heterocycles. The summed E-state index contributed by atoms with van der Waals surface area (Å²) in [5.41, 5.74) is 4.65. The number of carbonyl (C=O) groups is 1. The second kappa shape index (κ2) is 8.68.